The Morgan fingerprint density at radius 1 is 1.24 bits per heavy atom. The molecule has 2 aliphatic rings. The lowest BCUT2D eigenvalue weighted by Crippen LogP contribution is -2.53. The highest BCUT2D eigenvalue weighted by molar-refractivity contribution is 5.98. The summed E-state index contributed by atoms with van der Waals surface area (Å²) in [6.07, 6.45) is 4.45. The summed E-state index contributed by atoms with van der Waals surface area (Å²) in [5.41, 5.74) is 0.118. The fraction of sp³-hybridized carbons (Fsp3) is 0.545. The van der Waals surface area contributed by atoms with Crippen molar-refractivity contribution < 1.29 is 19.1 Å². The Labute approximate surface area is 171 Å². The van der Waals surface area contributed by atoms with Crippen molar-refractivity contribution in [3.8, 4) is 6.07 Å². The summed E-state index contributed by atoms with van der Waals surface area (Å²) in [7, 11) is 1.61. The average Bonchev–Trinajstić information content (AvgIpc) is 3.19. The molecule has 2 amide bonds. The van der Waals surface area contributed by atoms with Gasteiger partial charge >= 0.3 is 5.97 Å². The smallest absolute Gasteiger partial charge is 0.338 e. The van der Waals surface area contributed by atoms with Gasteiger partial charge in [-0.25, -0.2) is 4.79 Å². The van der Waals surface area contributed by atoms with Crippen LogP contribution in [0.25, 0.3) is 0 Å². The zero-order chi connectivity index (χ0) is 21.0. The summed E-state index contributed by atoms with van der Waals surface area (Å²) >= 11 is 0. The molecule has 1 aromatic carbocycles. The van der Waals surface area contributed by atoms with Gasteiger partial charge in [-0.15, -0.1) is 0 Å². The summed E-state index contributed by atoms with van der Waals surface area (Å²) in [5.74, 6) is -0.968. The van der Waals surface area contributed by atoms with Gasteiger partial charge < -0.3 is 14.5 Å². The van der Waals surface area contributed by atoms with E-state index in [1.807, 2.05) is 0 Å². The highest BCUT2D eigenvalue weighted by Gasteiger charge is 2.40. The summed E-state index contributed by atoms with van der Waals surface area (Å²) in [4.78, 5) is 40.5. The first-order chi connectivity index (χ1) is 13.9. The van der Waals surface area contributed by atoms with Gasteiger partial charge in [0.2, 0.25) is 5.91 Å². The predicted molar refractivity (Wildman–Crippen MR) is 107 cm³/mol. The van der Waals surface area contributed by atoms with Gasteiger partial charge in [0.05, 0.1) is 11.6 Å². The van der Waals surface area contributed by atoms with Crippen LogP contribution in [0, 0.1) is 11.3 Å². The Morgan fingerprint density at radius 3 is 2.59 bits per heavy atom. The van der Waals surface area contributed by atoms with Crippen LogP contribution in [0.5, 0.6) is 0 Å². The molecule has 7 nitrogen and oxygen atoms in total. The molecule has 1 heterocycles. The van der Waals surface area contributed by atoms with E-state index in [0.29, 0.717) is 31.5 Å². The molecule has 0 bridgehead atoms. The minimum atomic E-state index is -1.00. The predicted octanol–water partition coefficient (Wildman–Crippen LogP) is 3.04. The number of anilines is 1. The van der Waals surface area contributed by atoms with E-state index in [2.05, 4.69) is 6.07 Å². The zero-order valence-corrected chi connectivity index (χ0v) is 17.0. The lowest BCUT2D eigenvalue weighted by atomic mass is 9.81. The Balaban J connectivity index is 1.68. The molecule has 1 aliphatic carbocycles. The van der Waals surface area contributed by atoms with Gasteiger partial charge in [-0.05, 0) is 44.4 Å². The third-order valence-corrected chi connectivity index (χ3v) is 5.96. The quantitative estimate of drug-likeness (QED) is 0.712. The van der Waals surface area contributed by atoms with Crippen LogP contribution in [0.3, 0.4) is 0 Å². The average molecular weight is 397 g/mol. The maximum absolute atomic E-state index is 12.8. The van der Waals surface area contributed by atoms with E-state index in [9.17, 15) is 19.6 Å². The number of carbonyl (C=O) groups excluding carboxylic acids is 3. The monoisotopic (exact) mass is 397 g/mol. The van der Waals surface area contributed by atoms with Crippen molar-refractivity contribution in [2.24, 2.45) is 0 Å². The molecule has 7 heteroatoms. The second-order valence-electron chi connectivity index (χ2n) is 7.85. The molecule has 0 unspecified atom stereocenters. The molecule has 1 atom stereocenters. The number of hydrogen-bond donors (Lipinski definition) is 0. The van der Waals surface area contributed by atoms with E-state index in [0.717, 1.165) is 25.7 Å². The summed E-state index contributed by atoms with van der Waals surface area (Å²) in [6.45, 7) is 2.16. The number of esters is 1. The van der Waals surface area contributed by atoms with E-state index < -0.39 is 17.6 Å². The molecule has 2 fully saturated rings. The molecule has 1 saturated carbocycles. The van der Waals surface area contributed by atoms with Crippen molar-refractivity contribution in [1.82, 2.24) is 4.90 Å². The number of hydrogen-bond acceptors (Lipinski definition) is 5. The van der Waals surface area contributed by atoms with Crippen LogP contribution in [0.2, 0.25) is 0 Å². The van der Waals surface area contributed by atoms with Crippen molar-refractivity contribution in [3.63, 3.8) is 0 Å². The van der Waals surface area contributed by atoms with Crippen molar-refractivity contribution in [2.45, 2.75) is 63.5 Å². The SMILES string of the molecule is C[C@H](OC(=O)c1cccc(N2CCCC2=O)c1)C(=O)N(C)C1(C#N)CCCCC1. The molecule has 1 aromatic rings. The van der Waals surface area contributed by atoms with Crippen LogP contribution in [0.4, 0.5) is 5.69 Å². The van der Waals surface area contributed by atoms with Gasteiger partial charge in [-0.2, -0.15) is 5.26 Å². The molecule has 0 aromatic heterocycles. The number of nitriles is 1. The van der Waals surface area contributed by atoms with E-state index in [1.165, 1.54) is 11.8 Å². The Morgan fingerprint density at radius 2 is 1.97 bits per heavy atom. The van der Waals surface area contributed by atoms with E-state index >= 15 is 0 Å². The standard InChI is InChI=1S/C22H27N3O4/c1-16(20(27)24(2)22(15-23)11-4-3-5-12-22)29-21(28)17-8-6-9-18(14-17)25-13-7-10-19(25)26/h6,8-9,14,16H,3-5,7,10-13H2,1-2H3/t16-/m0/s1. The Hall–Kier alpha value is -2.88. The van der Waals surface area contributed by atoms with Crippen LogP contribution in [-0.4, -0.2) is 47.9 Å². The fourth-order valence-electron chi connectivity index (χ4n) is 4.14. The van der Waals surface area contributed by atoms with Gasteiger partial charge in [-0.1, -0.05) is 25.3 Å². The van der Waals surface area contributed by atoms with Crippen molar-refractivity contribution in [2.75, 3.05) is 18.5 Å². The maximum atomic E-state index is 12.8. The number of likely N-dealkylation sites (N-methyl/N-ethyl adjacent to an activating group) is 1. The third-order valence-electron chi connectivity index (χ3n) is 5.96. The third kappa shape index (κ3) is 4.26. The molecule has 0 radical (unpaired) electrons. The molecule has 0 spiro atoms. The first-order valence-corrected chi connectivity index (χ1v) is 10.2. The van der Waals surface area contributed by atoms with E-state index in [-0.39, 0.29) is 17.4 Å². The Bertz CT molecular complexity index is 839. The highest BCUT2D eigenvalue weighted by Crippen LogP contribution is 2.33. The zero-order valence-electron chi connectivity index (χ0n) is 17.0. The van der Waals surface area contributed by atoms with Crippen LogP contribution >= 0.6 is 0 Å². The van der Waals surface area contributed by atoms with Gasteiger partial charge in [0, 0.05) is 25.7 Å². The molecular weight excluding hydrogens is 370 g/mol. The minimum absolute atomic E-state index is 0.0370. The first-order valence-electron chi connectivity index (χ1n) is 10.2. The van der Waals surface area contributed by atoms with Gasteiger partial charge in [-0.3, -0.25) is 9.59 Å². The number of ether oxygens (including phenoxy) is 1. The topological polar surface area (TPSA) is 90.7 Å². The van der Waals surface area contributed by atoms with E-state index in [1.54, 1.807) is 36.2 Å². The lowest BCUT2D eigenvalue weighted by Gasteiger charge is -2.39. The maximum Gasteiger partial charge on any atom is 0.338 e. The number of carbonyl (C=O) groups is 3. The molecule has 29 heavy (non-hydrogen) atoms. The summed E-state index contributed by atoms with van der Waals surface area (Å²) < 4.78 is 5.40. The number of benzene rings is 1. The van der Waals surface area contributed by atoms with Crippen LogP contribution in [-0.2, 0) is 14.3 Å². The molecule has 1 saturated heterocycles. The largest absolute Gasteiger partial charge is 0.449 e. The van der Waals surface area contributed by atoms with Gasteiger partial charge in [0.25, 0.3) is 5.91 Å². The van der Waals surface area contributed by atoms with Crippen LogP contribution < -0.4 is 4.90 Å². The summed E-state index contributed by atoms with van der Waals surface area (Å²) in [5, 5.41) is 9.67. The second kappa shape index (κ2) is 8.64. The van der Waals surface area contributed by atoms with Crippen LogP contribution in [0.1, 0.15) is 62.2 Å². The molecule has 3 rings (SSSR count). The number of rotatable bonds is 5. The highest BCUT2D eigenvalue weighted by atomic mass is 16.5. The minimum Gasteiger partial charge on any atom is -0.449 e. The second-order valence-corrected chi connectivity index (χ2v) is 7.85. The van der Waals surface area contributed by atoms with Crippen LogP contribution in [0.15, 0.2) is 24.3 Å². The van der Waals surface area contributed by atoms with Gasteiger partial charge in [0.15, 0.2) is 6.10 Å². The molecule has 0 N–H and O–H groups in total. The number of nitrogens with zero attached hydrogens (tertiary/aromatic N) is 3. The Kier molecular flexibility index (Phi) is 6.21. The first kappa shape index (κ1) is 20.8. The normalized spacial score (nSPS) is 19.3. The molecule has 154 valence electrons. The fourth-order valence-corrected chi connectivity index (χ4v) is 4.14. The summed E-state index contributed by atoms with van der Waals surface area (Å²) in [6, 6.07) is 9.00. The van der Waals surface area contributed by atoms with Crippen molar-refractivity contribution in [3.05, 3.63) is 29.8 Å². The van der Waals surface area contributed by atoms with Crippen molar-refractivity contribution >= 4 is 23.5 Å². The van der Waals surface area contributed by atoms with E-state index in [4.69, 9.17) is 4.74 Å². The molecular formula is C22H27N3O4. The molecule has 1 aliphatic heterocycles. The lowest BCUT2D eigenvalue weighted by molar-refractivity contribution is -0.143. The number of amides is 2. The van der Waals surface area contributed by atoms with Gasteiger partial charge in [0.1, 0.15) is 5.54 Å². The van der Waals surface area contributed by atoms with Crippen molar-refractivity contribution in [1.29, 1.82) is 5.26 Å².